The van der Waals surface area contributed by atoms with E-state index in [0.717, 1.165) is 11.3 Å². The molecule has 0 atom stereocenters. The first-order valence-electron chi connectivity index (χ1n) is 5.24. The summed E-state index contributed by atoms with van der Waals surface area (Å²) in [5.74, 6) is 1.37. The summed E-state index contributed by atoms with van der Waals surface area (Å²) in [5, 5.41) is 0. The first-order chi connectivity index (χ1) is 8.28. The lowest BCUT2D eigenvalue weighted by Gasteiger charge is -2.07. The summed E-state index contributed by atoms with van der Waals surface area (Å²) in [7, 11) is 1.66. The maximum atomic E-state index is 5.65. The van der Waals surface area contributed by atoms with Crippen LogP contribution in [0.4, 0.5) is 5.69 Å². The first-order valence-corrected chi connectivity index (χ1v) is 5.24. The monoisotopic (exact) mass is 230 g/mol. The fourth-order valence-electron chi connectivity index (χ4n) is 1.49. The predicted octanol–water partition coefficient (Wildman–Crippen LogP) is 2.60. The molecule has 4 nitrogen and oxygen atoms in total. The number of aromatic nitrogens is 1. The van der Waals surface area contributed by atoms with E-state index in [4.69, 9.17) is 15.2 Å². The molecule has 1 aromatic carbocycles. The summed E-state index contributed by atoms with van der Waals surface area (Å²) in [4.78, 5) is 3.96. The third-order valence-corrected chi connectivity index (χ3v) is 2.18. The molecule has 1 heterocycles. The van der Waals surface area contributed by atoms with Crippen LogP contribution < -0.4 is 10.5 Å². The molecule has 0 fully saturated rings. The van der Waals surface area contributed by atoms with E-state index >= 15 is 0 Å². The molecule has 2 rings (SSSR count). The number of pyridine rings is 1. The van der Waals surface area contributed by atoms with Gasteiger partial charge in [-0.1, -0.05) is 12.1 Å². The minimum Gasteiger partial charge on any atom is -0.456 e. The van der Waals surface area contributed by atoms with Gasteiger partial charge in [0.1, 0.15) is 11.5 Å². The van der Waals surface area contributed by atoms with E-state index in [1.54, 1.807) is 25.6 Å². The second kappa shape index (κ2) is 5.32. The lowest BCUT2D eigenvalue weighted by atomic mass is 10.2. The largest absolute Gasteiger partial charge is 0.456 e. The number of methoxy groups -OCH3 is 1. The molecule has 2 N–H and O–H groups in total. The van der Waals surface area contributed by atoms with Crippen molar-refractivity contribution in [1.82, 2.24) is 4.98 Å². The number of hydrogen-bond acceptors (Lipinski definition) is 4. The quantitative estimate of drug-likeness (QED) is 0.877. The third kappa shape index (κ3) is 3.19. The Balaban J connectivity index is 2.15. The number of anilines is 1. The Bertz CT molecular complexity index is 500. The highest BCUT2D eigenvalue weighted by molar-refractivity contribution is 5.42. The highest BCUT2D eigenvalue weighted by Crippen LogP contribution is 2.23. The van der Waals surface area contributed by atoms with Crippen LogP contribution in [0, 0.1) is 0 Å². The van der Waals surface area contributed by atoms with Crippen LogP contribution in [-0.4, -0.2) is 12.1 Å². The van der Waals surface area contributed by atoms with Crippen molar-refractivity contribution in [3.63, 3.8) is 0 Å². The number of nitrogens with zero attached hydrogens (tertiary/aromatic N) is 1. The van der Waals surface area contributed by atoms with Gasteiger partial charge in [-0.3, -0.25) is 4.98 Å². The molecular formula is C13H14N2O2. The van der Waals surface area contributed by atoms with Crippen molar-refractivity contribution in [3.05, 3.63) is 48.3 Å². The molecule has 0 amide bonds. The fourth-order valence-corrected chi connectivity index (χ4v) is 1.49. The molecule has 1 aromatic heterocycles. The Kier molecular flexibility index (Phi) is 3.57. The standard InChI is InChI=1S/C13H14N2O2/c1-16-9-10-3-2-4-12(5-10)17-13-6-11(14)7-15-8-13/h2-8H,9,14H2,1H3. The van der Waals surface area contributed by atoms with Gasteiger partial charge in [0.2, 0.25) is 0 Å². The van der Waals surface area contributed by atoms with Gasteiger partial charge in [0.05, 0.1) is 24.7 Å². The van der Waals surface area contributed by atoms with Gasteiger partial charge in [-0.05, 0) is 17.7 Å². The van der Waals surface area contributed by atoms with Crippen LogP contribution in [0.1, 0.15) is 5.56 Å². The molecular weight excluding hydrogens is 216 g/mol. The van der Waals surface area contributed by atoms with Gasteiger partial charge in [-0.2, -0.15) is 0 Å². The van der Waals surface area contributed by atoms with E-state index in [1.165, 1.54) is 0 Å². The molecule has 0 aliphatic heterocycles. The zero-order valence-electron chi connectivity index (χ0n) is 9.59. The summed E-state index contributed by atoms with van der Waals surface area (Å²) in [6, 6.07) is 9.43. The van der Waals surface area contributed by atoms with Crippen LogP contribution in [0.15, 0.2) is 42.7 Å². The van der Waals surface area contributed by atoms with E-state index in [9.17, 15) is 0 Å². The predicted molar refractivity (Wildman–Crippen MR) is 65.9 cm³/mol. The van der Waals surface area contributed by atoms with Gasteiger partial charge in [0.25, 0.3) is 0 Å². The Morgan fingerprint density at radius 1 is 1.18 bits per heavy atom. The Morgan fingerprint density at radius 2 is 2.06 bits per heavy atom. The first kappa shape index (κ1) is 11.4. The number of ether oxygens (including phenoxy) is 2. The van der Waals surface area contributed by atoms with E-state index < -0.39 is 0 Å². The normalized spacial score (nSPS) is 10.2. The van der Waals surface area contributed by atoms with Crippen LogP contribution >= 0.6 is 0 Å². The second-order valence-corrected chi connectivity index (χ2v) is 3.64. The number of nitrogens with two attached hydrogens (primary N) is 1. The van der Waals surface area contributed by atoms with Crippen molar-refractivity contribution in [2.24, 2.45) is 0 Å². The molecule has 0 aliphatic carbocycles. The molecule has 4 heteroatoms. The molecule has 0 aliphatic rings. The molecule has 0 unspecified atom stereocenters. The zero-order chi connectivity index (χ0) is 12.1. The highest BCUT2D eigenvalue weighted by atomic mass is 16.5. The smallest absolute Gasteiger partial charge is 0.147 e. The van der Waals surface area contributed by atoms with Crippen molar-refractivity contribution in [1.29, 1.82) is 0 Å². The third-order valence-electron chi connectivity index (χ3n) is 2.18. The Hall–Kier alpha value is -2.07. The van der Waals surface area contributed by atoms with Crippen molar-refractivity contribution in [3.8, 4) is 11.5 Å². The summed E-state index contributed by atoms with van der Waals surface area (Å²) in [6.45, 7) is 0.562. The molecule has 0 saturated heterocycles. The van der Waals surface area contributed by atoms with Crippen molar-refractivity contribution < 1.29 is 9.47 Å². The minimum atomic E-state index is 0.562. The molecule has 0 spiro atoms. The summed E-state index contributed by atoms with van der Waals surface area (Å²) < 4.78 is 10.7. The number of nitrogen functional groups attached to an aromatic ring is 1. The van der Waals surface area contributed by atoms with Crippen molar-refractivity contribution in [2.45, 2.75) is 6.61 Å². The molecule has 0 radical (unpaired) electrons. The summed E-state index contributed by atoms with van der Waals surface area (Å²) >= 11 is 0. The SMILES string of the molecule is COCc1cccc(Oc2cncc(N)c2)c1. The molecule has 2 aromatic rings. The lowest BCUT2D eigenvalue weighted by molar-refractivity contribution is 0.184. The van der Waals surface area contributed by atoms with Gasteiger partial charge in [0, 0.05) is 13.2 Å². The molecule has 88 valence electrons. The van der Waals surface area contributed by atoms with E-state index in [1.807, 2.05) is 24.3 Å². The van der Waals surface area contributed by atoms with Crippen molar-refractivity contribution in [2.75, 3.05) is 12.8 Å². The maximum Gasteiger partial charge on any atom is 0.147 e. The van der Waals surface area contributed by atoms with Gasteiger partial charge >= 0.3 is 0 Å². The van der Waals surface area contributed by atoms with Crippen LogP contribution in [-0.2, 0) is 11.3 Å². The highest BCUT2D eigenvalue weighted by Gasteiger charge is 2.00. The van der Waals surface area contributed by atoms with Crippen LogP contribution in [0.25, 0.3) is 0 Å². The maximum absolute atomic E-state index is 5.65. The fraction of sp³-hybridized carbons (Fsp3) is 0.154. The van der Waals surface area contributed by atoms with Gasteiger partial charge in [-0.25, -0.2) is 0 Å². The summed E-state index contributed by atoms with van der Waals surface area (Å²) in [5.41, 5.74) is 7.26. The molecule has 0 saturated carbocycles. The van der Waals surface area contributed by atoms with E-state index in [-0.39, 0.29) is 0 Å². The van der Waals surface area contributed by atoms with Crippen LogP contribution in [0.2, 0.25) is 0 Å². The molecule has 17 heavy (non-hydrogen) atoms. The minimum absolute atomic E-state index is 0.562. The average Bonchev–Trinajstić information content (AvgIpc) is 2.30. The second-order valence-electron chi connectivity index (χ2n) is 3.64. The van der Waals surface area contributed by atoms with Gasteiger partial charge in [-0.15, -0.1) is 0 Å². The van der Waals surface area contributed by atoms with E-state index in [2.05, 4.69) is 4.98 Å². The average molecular weight is 230 g/mol. The zero-order valence-corrected chi connectivity index (χ0v) is 9.59. The molecule has 0 bridgehead atoms. The van der Waals surface area contributed by atoms with Gasteiger partial charge in [0.15, 0.2) is 0 Å². The number of rotatable bonds is 4. The number of benzene rings is 1. The summed E-state index contributed by atoms with van der Waals surface area (Å²) in [6.07, 6.45) is 3.20. The topological polar surface area (TPSA) is 57.4 Å². The van der Waals surface area contributed by atoms with Crippen LogP contribution in [0.3, 0.4) is 0 Å². The number of hydrogen-bond donors (Lipinski definition) is 1. The van der Waals surface area contributed by atoms with Crippen molar-refractivity contribution >= 4 is 5.69 Å². The van der Waals surface area contributed by atoms with Crippen LogP contribution in [0.5, 0.6) is 11.5 Å². The Labute approximate surface area is 100 Å². The van der Waals surface area contributed by atoms with E-state index in [0.29, 0.717) is 18.0 Å². The Morgan fingerprint density at radius 3 is 2.82 bits per heavy atom. The van der Waals surface area contributed by atoms with Gasteiger partial charge < -0.3 is 15.2 Å². The lowest BCUT2D eigenvalue weighted by Crippen LogP contribution is -1.91.